The van der Waals surface area contributed by atoms with Gasteiger partial charge in [0.2, 0.25) is 0 Å². The highest BCUT2D eigenvalue weighted by molar-refractivity contribution is 6.62. The van der Waals surface area contributed by atoms with Gasteiger partial charge in [-0.3, -0.25) is 0 Å². The van der Waals surface area contributed by atoms with Gasteiger partial charge >= 0.3 is 14.2 Å². The molecule has 0 amide bonds. The van der Waals surface area contributed by atoms with Crippen molar-refractivity contribution < 1.29 is 23.7 Å². The highest BCUT2D eigenvalue weighted by Gasteiger charge is 2.53. The molecule has 2 fully saturated rings. The molecule has 5 aromatic carbocycles. The maximum absolute atomic E-state index is 12.5. The molecule has 0 unspecified atom stereocenters. The zero-order valence-corrected chi connectivity index (χ0v) is 43.1. The van der Waals surface area contributed by atoms with Crippen molar-refractivity contribution in [2.45, 2.75) is 172 Å². The summed E-state index contributed by atoms with van der Waals surface area (Å²) in [5.74, 6) is 0.230. The molecule has 5 nitrogen and oxygen atoms in total. The Hall–Kier alpha value is -3.84. The summed E-state index contributed by atoms with van der Waals surface area (Å²) in [5, 5.41) is 13.2. The van der Waals surface area contributed by atoms with Crippen LogP contribution < -0.4 is 10.9 Å². The average molecular weight is 881 g/mol. The van der Waals surface area contributed by atoms with Crippen LogP contribution in [0.5, 0.6) is 5.75 Å². The number of rotatable bonds is 6. The molecule has 0 aromatic heterocycles. The molecule has 1 N–H and O–H groups in total. The second-order valence-electron chi connectivity index (χ2n) is 23.0. The molecular formula is C56H71B2ClO5. The summed E-state index contributed by atoms with van der Waals surface area (Å²) in [5.41, 5.74) is 16.4. The van der Waals surface area contributed by atoms with Crippen molar-refractivity contribution in [1.82, 2.24) is 0 Å². The monoisotopic (exact) mass is 881 g/mol. The minimum Gasteiger partial charge on any atom is -0.507 e. The Morgan fingerprint density at radius 3 is 0.953 bits per heavy atom. The number of aromatic hydroxyl groups is 1. The highest BCUT2D eigenvalue weighted by Crippen LogP contribution is 2.49. The van der Waals surface area contributed by atoms with Gasteiger partial charge in [0.15, 0.2) is 0 Å². The van der Waals surface area contributed by atoms with Crippen LogP contribution in [0.25, 0.3) is 44.5 Å². The third-order valence-corrected chi connectivity index (χ3v) is 15.4. The molecule has 0 aliphatic carbocycles. The van der Waals surface area contributed by atoms with E-state index < -0.39 is 36.6 Å². The molecule has 2 heterocycles. The summed E-state index contributed by atoms with van der Waals surface area (Å²) >= 11 is 7.27. The molecule has 0 bridgehead atoms. The van der Waals surface area contributed by atoms with E-state index >= 15 is 0 Å². The number of benzene rings is 5. The van der Waals surface area contributed by atoms with E-state index in [4.69, 9.17) is 30.2 Å². The third-order valence-electron chi connectivity index (χ3n) is 14.8. The quantitative estimate of drug-likeness (QED) is 0.172. The lowest BCUT2D eigenvalue weighted by Gasteiger charge is -2.32. The largest absolute Gasteiger partial charge is 0.507 e. The predicted molar refractivity (Wildman–Crippen MR) is 272 cm³/mol. The van der Waals surface area contributed by atoms with Crippen LogP contribution in [0.15, 0.2) is 60.7 Å². The van der Waals surface area contributed by atoms with Crippen LogP contribution in [-0.4, -0.2) is 41.7 Å². The summed E-state index contributed by atoms with van der Waals surface area (Å²) in [4.78, 5) is 0. The van der Waals surface area contributed by atoms with Crippen molar-refractivity contribution in [2.75, 3.05) is 0 Å². The van der Waals surface area contributed by atoms with Gasteiger partial charge in [-0.2, -0.15) is 0 Å². The van der Waals surface area contributed by atoms with Crippen molar-refractivity contribution in [3.8, 4) is 50.3 Å². The van der Waals surface area contributed by atoms with Crippen LogP contribution >= 0.6 is 11.6 Å². The Bertz CT molecular complexity index is 2440. The number of aryl methyl sites for hydroxylation is 4. The minimum absolute atomic E-state index is 0.101. The SMILES string of the molecule is Cc1cc(-c2c(C)c(Cl)c(C)c(-c3cc(C)c(-c4cc(B5OC(C)(C)C(C)(C)O5)cc(C(C)(C)C)c4)c(C)c3)c2O)cc(C)c1-c1cc(B2OC(C)(C)C(C)(C)O2)cc(C(C)(C)C)c1. The lowest BCUT2D eigenvalue weighted by Crippen LogP contribution is -2.41. The number of phenols is 1. The van der Waals surface area contributed by atoms with E-state index in [-0.39, 0.29) is 16.6 Å². The molecule has 2 saturated heterocycles. The molecule has 0 atom stereocenters. The Morgan fingerprint density at radius 1 is 0.422 bits per heavy atom. The lowest BCUT2D eigenvalue weighted by molar-refractivity contribution is 0.00578. The first-order valence-electron chi connectivity index (χ1n) is 23.0. The van der Waals surface area contributed by atoms with E-state index in [0.29, 0.717) is 5.02 Å². The first-order chi connectivity index (χ1) is 29.2. The number of halogens is 1. The van der Waals surface area contributed by atoms with Crippen LogP contribution in [0.1, 0.15) is 141 Å². The molecule has 64 heavy (non-hydrogen) atoms. The maximum atomic E-state index is 12.5. The smallest absolute Gasteiger partial charge is 0.494 e. The molecule has 2 aliphatic heterocycles. The van der Waals surface area contributed by atoms with Gasteiger partial charge < -0.3 is 23.7 Å². The highest BCUT2D eigenvalue weighted by atomic mass is 35.5. The lowest BCUT2D eigenvalue weighted by atomic mass is 9.73. The zero-order valence-electron chi connectivity index (χ0n) is 42.4. The maximum Gasteiger partial charge on any atom is 0.494 e. The number of hydrogen-bond acceptors (Lipinski definition) is 5. The Labute approximate surface area is 390 Å². The summed E-state index contributed by atoms with van der Waals surface area (Å²) in [6, 6.07) is 22.3. The van der Waals surface area contributed by atoms with E-state index in [1.165, 1.54) is 11.1 Å². The molecule has 7 rings (SSSR count). The van der Waals surface area contributed by atoms with Gasteiger partial charge in [0, 0.05) is 16.1 Å². The molecule has 0 saturated carbocycles. The van der Waals surface area contributed by atoms with Crippen molar-refractivity contribution in [1.29, 1.82) is 0 Å². The van der Waals surface area contributed by atoms with Gasteiger partial charge in [-0.1, -0.05) is 114 Å². The van der Waals surface area contributed by atoms with Gasteiger partial charge in [0.05, 0.1) is 22.4 Å². The molecular weight excluding hydrogens is 810 g/mol. The third kappa shape index (κ3) is 8.43. The molecule has 338 valence electrons. The number of phenolic OH excluding ortho intramolecular Hbond substituents is 1. The molecule has 2 aliphatic rings. The zero-order chi connectivity index (χ0) is 47.6. The molecule has 0 spiro atoms. The van der Waals surface area contributed by atoms with Crippen LogP contribution in [0.3, 0.4) is 0 Å². The second-order valence-corrected chi connectivity index (χ2v) is 23.4. The first kappa shape index (κ1) is 48.1. The standard InChI is InChI=1S/C56H71B2ClO5/c1-31-21-37(22-32(2)45(31)39-25-41(51(7,8)9)29-43(27-39)57-61-53(13,14)54(15,16)62-57)47-35(5)49(59)36(6)48(50(47)60)38-23-33(3)46(34(4)24-38)40-26-42(52(10,11)12)30-44(28-40)58-63-55(17,18)56(19,20)64-58/h21-30,60H,1-20H3. The summed E-state index contributed by atoms with van der Waals surface area (Å²) < 4.78 is 26.3. The van der Waals surface area contributed by atoms with Crippen molar-refractivity contribution in [2.24, 2.45) is 0 Å². The van der Waals surface area contributed by atoms with Crippen LogP contribution in [-0.2, 0) is 29.4 Å². The second kappa shape index (κ2) is 15.9. The summed E-state index contributed by atoms with van der Waals surface area (Å²) in [6.45, 7) is 42.9. The van der Waals surface area contributed by atoms with Gasteiger partial charge in [0.1, 0.15) is 5.75 Å². The fraction of sp³-hybridized carbons (Fsp3) is 0.464. The molecule has 0 radical (unpaired) electrons. The van der Waals surface area contributed by atoms with Crippen molar-refractivity contribution in [3.05, 3.63) is 110 Å². The topological polar surface area (TPSA) is 57.2 Å². The van der Waals surface area contributed by atoms with E-state index in [1.807, 2.05) is 13.8 Å². The van der Waals surface area contributed by atoms with E-state index in [9.17, 15) is 5.11 Å². The fourth-order valence-electron chi connectivity index (χ4n) is 9.50. The van der Waals surface area contributed by atoms with Crippen molar-refractivity contribution in [3.63, 3.8) is 0 Å². The van der Waals surface area contributed by atoms with Crippen molar-refractivity contribution >= 4 is 36.8 Å². The van der Waals surface area contributed by atoms with Gasteiger partial charge in [0.25, 0.3) is 0 Å². The summed E-state index contributed by atoms with van der Waals surface area (Å²) in [6.07, 6.45) is 0. The fourth-order valence-corrected chi connectivity index (χ4v) is 9.69. The van der Waals surface area contributed by atoms with Crippen LogP contribution in [0.4, 0.5) is 0 Å². The van der Waals surface area contributed by atoms with Crippen LogP contribution in [0.2, 0.25) is 5.02 Å². The normalized spacial score (nSPS) is 18.0. The summed E-state index contributed by atoms with van der Waals surface area (Å²) in [7, 11) is -0.958. The average Bonchev–Trinajstić information content (AvgIpc) is 3.51. The van der Waals surface area contributed by atoms with Gasteiger partial charge in [-0.15, -0.1) is 0 Å². The Kier molecular flexibility index (Phi) is 12.0. The van der Waals surface area contributed by atoms with Crippen LogP contribution in [0, 0.1) is 41.5 Å². The van der Waals surface area contributed by atoms with E-state index in [1.54, 1.807) is 0 Å². The Morgan fingerprint density at radius 2 is 0.688 bits per heavy atom. The van der Waals surface area contributed by atoms with E-state index in [2.05, 4.69) is 185 Å². The van der Waals surface area contributed by atoms with Gasteiger partial charge in [-0.05, 0) is 197 Å². The Balaban J connectivity index is 1.32. The van der Waals surface area contributed by atoms with E-state index in [0.717, 1.165) is 88.8 Å². The molecule has 8 heteroatoms. The number of hydrogen-bond donors (Lipinski definition) is 1. The first-order valence-corrected chi connectivity index (χ1v) is 23.4. The molecule has 5 aromatic rings. The van der Waals surface area contributed by atoms with Gasteiger partial charge in [-0.25, -0.2) is 0 Å². The minimum atomic E-state index is -0.479. The predicted octanol–water partition coefficient (Wildman–Crippen LogP) is 13.8.